The topological polar surface area (TPSA) is 88.1 Å². The van der Waals surface area contributed by atoms with E-state index in [1.54, 1.807) is 12.1 Å². The molecule has 0 atom stereocenters. The first-order chi connectivity index (χ1) is 14.3. The maximum Gasteiger partial charge on any atom is 0.419 e. The van der Waals surface area contributed by atoms with E-state index in [0.29, 0.717) is 30.9 Å². The average molecular weight is 512 g/mol. The van der Waals surface area contributed by atoms with Crippen molar-refractivity contribution < 1.29 is 17.9 Å². The van der Waals surface area contributed by atoms with Gasteiger partial charge in [0.2, 0.25) is 0 Å². The summed E-state index contributed by atoms with van der Waals surface area (Å²) >= 11 is 7.52. The summed E-state index contributed by atoms with van der Waals surface area (Å²) in [5, 5.41) is 3.08. The fourth-order valence-electron chi connectivity index (χ4n) is 2.92. The lowest BCUT2D eigenvalue weighted by atomic mass is 10.2. The van der Waals surface area contributed by atoms with Gasteiger partial charge in [0.25, 0.3) is 10.0 Å². The molecule has 0 aliphatic carbocycles. The lowest BCUT2D eigenvalue weighted by Crippen LogP contribution is -2.24. The molecule has 0 radical (unpaired) electrons. The van der Waals surface area contributed by atoms with Crippen molar-refractivity contribution in [3.05, 3.63) is 58.6 Å². The third-order valence-corrected chi connectivity index (χ3v) is 6.66. The van der Waals surface area contributed by atoms with Gasteiger partial charge in [0.1, 0.15) is 17.3 Å². The summed E-state index contributed by atoms with van der Waals surface area (Å²) in [6.07, 6.45) is 2.23. The standard InChI is InChI=1S/C20H22BrN3O4S2/c21-16-10-11-18-17(13-16)22-19(23-30(18,26)27)9-5-2-6-12-24(29)20(25)28-14-15-7-3-1-4-8-15/h1,3-4,7-8,10-11,13,29H,2,5-6,9,12,14H2,(H,22,23). The Bertz CT molecular complexity index is 1030. The number of benzene rings is 2. The normalized spacial score (nSPS) is 14.3. The number of nitrogens with zero attached hydrogens (tertiary/aromatic N) is 2. The van der Waals surface area contributed by atoms with Gasteiger partial charge in [0, 0.05) is 17.4 Å². The first kappa shape index (κ1) is 22.6. The van der Waals surface area contributed by atoms with Gasteiger partial charge in [0.15, 0.2) is 0 Å². The van der Waals surface area contributed by atoms with Gasteiger partial charge in [-0.1, -0.05) is 65.5 Å². The number of anilines is 1. The highest BCUT2D eigenvalue weighted by Crippen LogP contribution is 2.30. The largest absolute Gasteiger partial charge is 0.444 e. The zero-order valence-electron chi connectivity index (χ0n) is 16.1. The molecule has 7 nitrogen and oxygen atoms in total. The van der Waals surface area contributed by atoms with Gasteiger partial charge in [-0.05, 0) is 36.6 Å². The molecule has 3 rings (SSSR count). The van der Waals surface area contributed by atoms with E-state index < -0.39 is 16.1 Å². The van der Waals surface area contributed by atoms with Crippen molar-refractivity contribution in [1.29, 1.82) is 0 Å². The van der Waals surface area contributed by atoms with Gasteiger partial charge in [-0.25, -0.2) is 4.79 Å². The third kappa shape index (κ3) is 6.23. The number of hydrogen-bond acceptors (Lipinski definition) is 6. The van der Waals surface area contributed by atoms with Gasteiger partial charge >= 0.3 is 6.09 Å². The highest BCUT2D eigenvalue weighted by Gasteiger charge is 2.24. The highest BCUT2D eigenvalue weighted by molar-refractivity contribution is 9.10. The molecule has 1 aliphatic rings. The number of unbranched alkanes of at least 4 members (excludes halogenated alkanes) is 2. The zero-order valence-corrected chi connectivity index (χ0v) is 19.4. The van der Waals surface area contributed by atoms with Crippen LogP contribution in [0.25, 0.3) is 0 Å². The number of amidine groups is 1. The average Bonchev–Trinajstić information content (AvgIpc) is 2.71. The van der Waals surface area contributed by atoms with E-state index in [-0.39, 0.29) is 11.5 Å². The number of sulfonamides is 1. The minimum Gasteiger partial charge on any atom is -0.444 e. The number of hydrogen-bond donors (Lipinski definition) is 2. The van der Waals surface area contributed by atoms with Crippen LogP contribution in [0.2, 0.25) is 0 Å². The van der Waals surface area contributed by atoms with Gasteiger partial charge < -0.3 is 10.1 Å². The number of carbonyl (C=O) groups is 1. The van der Waals surface area contributed by atoms with Crippen LogP contribution in [-0.2, 0) is 21.4 Å². The lowest BCUT2D eigenvalue weighted by Gasteiger charge is -2.18. The van der Waals surface area contributed by atoms with Gasteiger partial charge in [-0.3, -0.25) is 4.31 Å². The van der Waals surface area contributed by atoms with Crippen LogP contribution in [-0.4, -0.2) is 31.2 Å². The number of halogens is 1. The van der Waals surface area contributed by atoms with Gasteiger partial charge in [-0.15, -0.1) is 4.40 Å². The third-order valence-electron chi connectivity index (χ3n) is 4.43. The molecule has 0 saturated heterocycles. The van der Waals surface area contributed by atoms with Crippen LogP contribution in [0.1, 0.15) is 31.2 Å². The van der Waals surface area contributed by atoms with Crippen LogP contribution in [0, 0.1) is 0 Å². The molecule has 0 aromatic heterocycles. The summed E-state index contributed by atoms with van der Waals surface area (Å²) in [5.74, 6) is 0.422. The first-order valence-electron chi connectivity index (χ1n) is 9.43. The second kappa shape index (κ2) is 10.3. The molecular formula is C20H22BrN3O4S2. The van der Waals surface area contributed by atoms with E-state index in [0.717, 1.165) is 22.9 Å². The van der Waals surface area contributed by atoms with Crippen LogP contribution in [0.3, 0.4) is 0 Å². The summed E-state index contributed by atoms with van der Waals surface area (Å²) in [6, 6.07) is 14.4. The number of fused-ring (bicyclic) bond motifs is 1. The predicted molar refractivity (Wildman–Crippen MR) is 123 cm³/mol. The number of ether oxygens (including phenoxy) is 1. The molecule has 1 N–H and O–H groups in total. The maximum atomic E-state index is 12.3. The predicted octanol–water partition coefficient (Wildman–Crippen LogP) is 5.01. The molecular weight excluding hydrogens is 490 g/mol. The van der Waals surface area contributed by atoms with Gasteiger partial charge in [0.05, 0.1) is 5.69 Å². The molecule has 10 heteroatoms. The number of amides is 1. The van der Waals surface area contributed by atoms with Crippen molar-refractivity contribution in [3.8, 4) is 0 Å². The van der Waals surface area contributed by atoms with E-state index >= 15 is 0 Å². The van der Waals surface area contributed by atoms with Crippen LogP contribution in [0.4, 0.5) is 10.5 Å². The Balaban J connectivity index is 1.39. The summed E-state index contributed by atoms with van der Waals surface area (Å²) in [4.78, 5) is 12.1. The van der Waals surface area contributed by atoms with Crippen molar-refractivity contribution in [2.24, 2.45) is 4.40 Å². The minimum absolute atomic E-state index is 0.175. The Hall–Kier alpha value is -2.04. The van der Waals surface area contributed by atoms with Crippen LogP contribution >= 0.6 is 28.7 Å². The fourth-order valence-corrected chi connectivity index (χ4v) is 4.63. The monoisotopic (exact) mass is 511 g/mol. The Morgan fingerprint density at radius 3 is 2.67 bits per heavy atom. The van der Waals surface area contributed by atoms with Crippen molar-refractivity contribution in [2.75, 3.05) is 11.9 Å². The molecule has 2 aromatic carbocycles. The molecule has 1 heterocycles. The molecule has 1 amide bonds. The van der Waals surface area contributed by atoms with Gasteiger partial charge in [-0.2, -0.15) is 8.42 Å². The number of carbonyl (C=O) groups excluding carboxylic acids is 1. The maximum absolute atomic E-state index is 12.3. The van der Waals surface area contributed by atoms with Crippen molar-refractivity contribution in [3.63, 3.8) is 0 Å². The molecule has 0 spiro atoms. The van der Waals surface area contributed by atoms with Crippen LogP contribution in [0.5, 0.6) is 0 Å². The number of nitrogens with one attached hydrogen (secondary N) is 1. The van der Waals surface area contributed by atoms with Crippen molar-refractivity contribution in [2.45, 2.75) is 37.2 Å². The molecule has 0 fully saturated rings. The molecule has 0 unspecified atom stereocenters. The van der Waals surface area contributed by atoms with Crippen LogP contribution in [0.15, 0.2) is 62.3 Å². The molecule has 160 valence electrons. The number of rotatable bonds is 8. The summed E-state index contributed by atoms with van der Waals surface area (Å²) in [6.45, 7) is 0.638. The SMILES string of the molecule is O=C(OCc1ccccc1)N(S)CCCCCC1=NS(=O)(=O)c2ccc(Br)cc2N1. The van der Waals surface area contributed by atoms with Crippen molar-refractivity contribution >= 4 is 56.4 Å². The Kier molecular flexibility index (Phi) is 7.79. The highest BCUT2D eigenvalue weighted by atomic mass is 79.9. The zero-order chi connectivity index (χ0) is 21.6. The van der Waals surface area contributed by atoms with Crippen molar-refractivity contribution in [1.82, 2.24) is 4.31 Å². The Morgan fingerprint density at radius 1 is 1.13 bits per heavy atom. The van der Waals surface area contributed by atoms with E-state index in [1.165, 1.54) is 10.4 Å². The Labute approximate surface area is 190 Å². The number of thiol groups is 1. The van der Waals surface area contributed by atoms with E-state index in [4.69, 9.17) is 4.74 Å². The van der Waals surface area contributed by atoms with Crippen LogP contribution < -0.4 is 5.32 Å². The lowest BCUT2D eigenvalue weighted by molar-refractivity contribution is 0.121. The molecule has 1 aliphatic heterocycles. The van der Waals surface area contributed by atoms with E-state index in [2.05, 4.69) is 38.5 Å². The van der Waals surface area contributed by atoms with E-state index in [9.17, 15) is 13.2 Å². The molecule has 0 bridgehead atoms. The summed E-state index contributed by atoms with van der Waals surface area (Å²) in [7, 11) is -3.68. The smallest absolute Gasteiger partial charge is 0.419 e. The summed E-state index contributed by atoms with van der Waals surface area (Å²) in [5.41, 5.74) is 1.44. The molecule has 2 aromatic rings. The molecule has 30 heavy (non-hydrogen) atoms. The minimum atomic E-state index is -3.68. The fraction of sp³-hybridized carbons (Fsp3) is 0.300. The second-order valence-electron chi connectivity index (χ2n) is 6.75. The quantitative estimate of drug-likeness (QED) is 0.384. The molecule has 0 saturated carbocycles. The van der Waals surface area contributed by atoms with E-state index in [1.807, 2.05) is 30.3 Å². The summed E-state index contributed by atoms with van der Waals surface area (Å²) < 4.78 is 35.7. The second-order valence-corrected chi connectivity index (χ2v) is 9.72. The Morgan fingerprint density at radius 2 is 1.90 bits per heavy atom. The first-order valence-corrected chi connectivity index (χ1v) is 12.1.